The van der Waals surface area contributed by atoms with E-state index >= 15 is 0 Å². The molecule has 132 valence electrons. The number of hydrogen-bond donors (Lipinski definition) is 1. The minimum Gasteiger partial charge on any atom is -0.372 e. The van der Waals surface area contributed by atoms with Crippen molar-refractivity contribution < 1.29 is 9.53 Å². The molecule has 1 amide bonds. The van der Waals surface area contributed by atoms with E-state index in [1.165, 1.54) is 6.20 Å². The second-order valence-corrected chi connectivity index (χ2v) is 6.97. The molecular weight excluding hydrogens is 365 g/mol. The van der Waals surface area contributed by atoms with Crippen LogP contribution in [0, 0.1) is 0 Å². The fourth-order valence-electron chi connectivity index (χ4n) is 2.90. The monoisotopic (exact) mass is 381 g/mol. The van der Waals surface area contributed by atoms with Crippen LogP contribution in [-0.2, 0) is 4.74 Å². The van der Waals surface area contributed by atoms with Crippen LogP contribution in [-0.4, -0.2) is 46.1 Å². The van der Waals surface area contributed by atoms with Crippen molar-refractivity contribution in [1.82, 2.24) is 14.9 Å². The highest BCUT2D eigenvalue weighted by molar-refractivity contribution is 6.35. The molecule has 1 aliphatic heterocycles. The third-order valence-corrected chi connectivity index (χ3v) is 4.31. The summed E-state index contributed by atoms with van der Waals surface area (Å²) in [5, 5.41) is 0.864. The van der Waals surface area contributed by atoms with Crippen LogP contribution in [0.3, 0.4) is 0 Å². The van der Waals surface area contributed by atoms with Crippen LogP contribution in [0.25, 0.3) is 11.4 Å². The number of carbonyl (C=O) groups is 1. The summed E-state index contributed by atoms with van der Waals surface area (Å²) < 4.78 is 5.61. The lowest BCUT2D eigenvalue weighted by atomic mass is 10.2. The van der Waals surface area contributed by atoms with Crippen LogP contribution in [0.4, 0.5) is 0 Å². The van der Waals surface area contributed by atoms with Gasteiger partial charge in [-0.3, -0.25) is 9.59 Å². The van der Waals surface area contributed by atoms with Gasteiger partial charge in [0.1, 0.15) is 11.4 Å². The second kappa shape index (κ2) is 7.15. The molecule has 1 aromatic heterocycles. The van der Waals surface area contributed by atoms with Crippen molar-refractivity contribution in [2.75, 3.05) is 13.1 Å². The number of amides is 1. The van der Waals surface area contributed by atoms with Crippen molar-refractivity contribution in [2.45, 2.75) is 26.1 Å². The second-order valence-electron chi connectivity index (χ2n) is 6.10. The molecule has 8 heteroatoms. The Balaban J connectivity index is 1.89. The molecule has 0 bridgehead atoms. The number of aromatic amines is 1. The van der Waals surface area contributed by atoms with E-state index in [-0.39, 0.29) is 23.7 Å². The minimum atomic E-state index is -0.502. The van der Waals surface area contributed by atoms with E-state index < -0.39 is 5.56 Å². The Labute approximate surface area is 154 Å². The highest BCUT2D eigenvalue weighted by Crippen LogP contribution is 2.24. The molecular formula is C17H17Cl2N3O3. The summed E-state index contributed by atoms with van der Waals surface area (Å²) in [7, 11) is 0. The molecule has 25 heavy (non-hydrogen) atoms. The molecule has 1 fully saturated rings. The molecule has 0 spiro atoms. The summed E-state index contributed by atoms with van der Waals surface area (Å²) in [6.45, 7) is 4.66. The lowest BCUT2D eigenvalue weighted by molar-refractivity contribution is -0.0586. The number of carbonyl (C=O) groups excluding carboxylic acids is 1. The summed E-state index contributed by atoms with van der Waals surface area (Å²) in [6, 6.07) is 4.86. The SMILES string of the molecule is C[C@@H]1CN(C(=O)c2cnc(-c3cc(Cl)cc(Cl)c3)[nH]c2=O)C[C@H](C)O1. The lowest BCUT2D eigenvalue weighted by Gasteiger charge is -2.35. The normalized spacial score (nSPS) is 20.6. The van der Waals surface area contributed by atoms with Gasteiger partial charge in [0.25, 0.3) is 11.5 Å². The number of halogens is 2. The van der Waals surface area contributed by atoms with Gasteiger partial charge in [-0.15, -0.1) is 0 Å². The fourth-order valence-corrected chi connectivity index (χ4v) is 3.42. The average Bonchev–Trinajstić information content (AvgIpc) is 2.52. The molecule has 3 rings (SSSR count). The van der Waals surface area contributed by atoms with Gasteiger partial charge in [0, 0.05) is 34.9 Å². The van der Waals surface area contributed by atoms with Gasteiger partial charge in [-0.25, -0.2) is 4.98 Å². The Hall–Kier alpha value is -1.89. The molecule has 0 radical (unpaired) electrons. The number of nitrogens with one attached hydrogen (secondary N) is 1. The zero-order valence-corrected chi connectivity index (χ0v) is 15.3. The predicted molar refractivity (Wildman–Crippen MR) is 96.2 cm³/mol. The number of morpholine rings is 1. The van der Waals surface area contributed by atoms with E-state index in [9.17, 15) is 9.59 Å². The zero-order chi connectivity index (χ0) is 18.1. The topological polar surface area (TPSA) is 75.3 Å². The van der Waals surface area contributed by atoms with Gasteiger partial charge in [-0.05, 0) is 32.0 Å². The summed E-state index contributed by atoms with van der Waals surface area (Å²) in [5.41, 5.74) is 0.0679. The Morgan fingerprint density at radius 1 is 1.20 bits per heavy atom. The van der Waals surface area contributed by atoms with Gasteiger partial charge < -0.3 is 14.6 Å². The Morgan fingerprint density at radius 2 is 1.80 bits per heavy atom. The van der Waals surface area contributed by atoms with E-state index in [0.717, 1.165) is 0 Å². The van der Waals surface area contributed by atoms with E-state index in [1.54, 1.807) is 23.1 Å². The molecule has 1 N–H and O–H groups in total. The predicted octanol–water partition coefficient (Wildman–Crippen LogP) is 2.99. The summed E-state index contributed by atoms with van der Waals surface area (Å²) >= 11 is 11.9. The van der Waals surface area contributed by atoms with Crippen molar-refractivity contribution >= 4 is 29.1 Å². The molecule has 6 nitrogen and oxygen atoms in total. The number of hydrogen-bond acceptors (Lipinski definition) is 4. The molecule has 2 aromatic rings. The Kier molecular flexibility index (Phi) is 5.13. The van der Waals surface area contributed by atoms with Gasteiger partial charge in [0.15, 0.2) is 0 Å². The Morgan fingerprint density at radius 3 is 2.36 bits per heavy atom. The van der Waals surface area contributed by atoms with Crippen LogP contribution in [0.1, 0.15) is 24.2 Å². The molecule has 1 aliphatic rings. The molecule has 0 aliphatic carbocycles. The molecule has 0 saturated carbocycles. The van der Waals surface area contributed by atoms with Gasteiger partial charge in [0.2, 0.25) is 0 Å². The van der Waals surface area contributed by atoms with Crippen LogP contribution in [0.5, 0.6) is 0 Å². The highest BCUT2D eigenvalue weighted by Gasteiger charge is 2.28. The maximum Gasteiger partial charge on any atom is 0.264 e. The quantitative estimate of drug-likeness (QED) is 0.867. The third kappa shape index (κ3) is 4.03. The molecule has 1 saturated heterocycles. The first-order valence-electron chi connectivity index (χ1n) is 7.84. The largest absolute Gasteiger partial charge is 0.372 e. The van der Waals surface area contributed by atoms with E-state index in [2.05, 4.69) is 9.97 Å². The zero-order valence-electron chi connectivity index (χ0n) is 13.8. The number of ether oxygens (including phenoxy) is 1. The average molecular weight is 382 g/mol. The van der Waals surface area contributed by atoms with Gasteiger partial charge in [0.05, 0.1) is 12.2 Å². The summed E-state index contributed by atoms with van der Waals surface area (Å²) in [6.07, 6.45) is 1.14. The van der Waals surface area contributed by atoms with Crippen molar-refractivity contribution in [1.29, 1.82) is 0 Å². The molecule has 2 heterocycles. The first kappa shape index (κ1) is 17.9. The van der Waals surface area contributed by atoms with Crippen LogP contribution < -0.4 is 5.56 Å². The Bertz CT molecular complexity index is 838. The third-order valence-electron chi connectivity index (χ3n) is 3.87. The number of rotatable bonds is 2. The summed E-state index contributed by atoms with van der Waals surface area (Å²) in [4.78, 5) is 33.5. The van der Waals surface area contributed by atoms with Crippen molar-refractivity contribution in [3.8, 4) is 11.4 Å². The number of aromatic nitrogens is 2. The lowest BCUT2D eigenvalue weighted by Crippen LogP contribution is -2.49. The smallest absolute Gasteiger partial charge is 0.264 e. The summed E-state index contributed by atoms with van der Waals surface area (Å²) in [5.74, 6) is -0.0545. The first-order chi connectivity index (χ1) is 11.8. The van der Waals surface area contributed by atoms with Gasteiger partial charge in [-0.2, -0.15) is 0 Å². The molecule has 2 atom stereocenters. The van der Waals surface area contributed by atoms with Crippen LogP contribution in [0.15, 0.2) is 29.2 Å². The number of benzene rings is 1. The fraction of sp³-hybridized carbons (Fsp3) is 0.353. The van der Waals surface area contributed by atoms with Gasteiger partial charge in [-0.1, -0.05) is 23.2 Å². The van der Waals surface area contributed by atoms with Crippen molar-refractivity contribution in [2.24, 2.45) is 0 Å². The molecule has 0 unspecified atom stereocenters. The highest BCUT2D eigenvalue weighted by atomic mass is 35.5. The molecule has 1 aromatic carbocycles. The first-order valence-corrected chi connectivity index (χ1v) is 8.59. The maximum atomic E-state index is 12.6. The van der Waals surface area contributed by atoms with Crippen LogP contribution in [0.2, 0.25) is 10.0 Å². The number of nitrogens with zero attached hydrogens (tertiary/aromatic N) is 2. The minimum absolute atomic E-state index is 0.00169. The van der Waals surface area contributed by atoms with Crippen molar-refractivity contribution in [3.05, 3.63) is 50.4 Å². The van der Waals surface area contributed by atoms with E-state index in [1.807, 2.05) is 13.8 Å². The van der Waals surface area contributed by atoms with Gasteiger partial charge >= 0.3 is 0 Å². The van der Waals surface area contributed by atoms with E-state index in [0.29, 0.717) is 34.5 Å². The standard InChI is InChI=1S/C17H17Cl2N3O3/c1-9-7-22(8-10(2)25-9)17(24)14-6-20-15(21-16(14)23)11-3-12(18)5-13(19)4-11/h3-6,9-10H,7-8H2,1-2H3,(H,20,21,23)/t9-,10+. The van der Waals surface area contributed by atoms with Crippen molar-refractivity contribution in [3.63, 3.8) is 0 Å². The van der Waals surface area contributed by atoms with Crippen LogP contribution >= 0.6 is 23.2 Å². The maximum absolute atomic E-state index is 12.6. The number of H-pyrrole nitrogens is 1. The van der Waals surface area contributed by atoms with E-state index in [4.69, 9.17) is 27.9 Å².